The summed E-state index contributed by atoms with van der Waals surface area (Å²) in [5.41, 5.74) is 3.23. The van der Waals surface area contributed by atoms with Gasteiger partial charge in [-0.1, -0.05) is 0 Å². The van der Waals surface area contributed by atoms with Crippen molar-refractivity contribution in [3.05, 3.63) is 52.5 Å². The highest BCUT2D eigenvalue weighted by Gasteiger charge is 2.11. The average Bonchev–Trinajstić information content (AvgIpc) is 2.97. The van der Waals surface area contributed by atoms with Crippen molar-refractivity contribution >= 4 is 23.6 Å². The Morgan fingerprint density at radius 2 is 1.32 bits per heavy atom. The number of nitrogens with one attached hydrogen (secondary N) is 1. The van der Waals surface area contributed by atoms with E-state index in [4.69, 9.17) is 21.7 Å². The largest absolute Gasteiger partial charge is 0.497 e. The van der Waals surface area contributed by atoms with E-state index >= 15 is 0 Å². The molecule has 0 saturated heterocycles. The molecule has 3 aromatic rings. The number of benzene rings is 2. The molecular weight excluding hydrogens is 314 g/mol. The Hall–Kier alpha value is -2.11. The molecule has 3 rings (SSSR count). The van der Waals surface area contributed by atoms with Gasteiger partial charge in [-0.05, 0) is 71.9 Å². The van der Waals surface area contributed by atoms with E-state index < -0.39 is 0 Å². The van der Waals surface area contributed by atoms with Gasteiger partial charge in [-0.2, -0.15) is 0 Å². The minimum atomic E-state index is 0.761. The van der Waals surface area contributed by atoms with E-state index in [9.17, 15) is 0 Å². The standard InChI is InChI=1S/C17H15NO2S2/c1-19-13-7-3-11(4-8-13)15-16(22-17(21)18-15)12-5-9-14(20-2)10-6-12/h3-10H,1-2H3,(H,18,21). The molecule has 0 atom stereocenters. The Balaban J connectivity index is 2.06. The van der Waals surface area contributed by atoms with Gasteiger partial charge in [0.05, 0.1) is 24.8 Å². The predicted octanol–water partition coefficient (Wildman–Crippen LogP) is 5.16. The van der Waals surface area contributed by atoms with E-state index in [2.05, 4.69) is 4.98 Å². The van der Waals surface area contributed by atoms with Crippen LogP contribution in [0.2, 0.25) is 0 Å². The van der Waals surface area contributed by atoms with Crippen LogP contribution in [0.4, 0.5) is 0 Å². The van der Waals surface area contributed by atoms with Gasteiger partial charge in [0.25, 0.3) is 0 Å². The average molecular weight is 329 g/mol. The fourth-order valence-electron chi connectivity index (χ4n) is 2.23. The lowest BCUT2D eigenvalue weighted by molar-refractivity contribution is 0.414. The first-order chi connectivity index (χ1) is 10.7. The smallest absolute Gasteiger partial charge is 0.159 e. The molecule has 112 valence electrons. The highest BCUT2D eigenvalue weighted by molar-refractivity contribution is 7.73. The molecule has 3 nitrogen and oxygen atoms in total. The van der Waals surface area contributed by atoms with Gasteiger partial charge in [-0.3, -0.25) is 0 Å². The Morgan fingerprint density at radius 1 is 0.818 bits per heavy atom. The van der Waals surface area contributed by atoms with Gasteiger partial charge < -0.3 is 14.5 Å². The summed E-state index contributed by atoms with van der Waals surface area (Å²) in [5.74, 6) is 1.68. The van der Waals surface area contributed by atoms with Gasteiger partial charge in [-0.15, -0.1) is 11.3 Å². The molecule has 1 heterocycles. The Labute approximate surface area is 138 Å². The van der Waals surface area contributed by atoms with Crippen LogP contribution in [0.3, 0.4) is 0 Å². The molecule has 0 amide bonds. The minimum Gasteiger partial charge on any atom is -0.497 e. The van der Waals surface area contributed by atoms with Crippen LogP contribution in [-0.4, -0.2) is 19.2 Å². The zero-order valence-electron chi connectivity index (χ0n) is 12.3. The van der Waals surface area contributed by atoms with Gasteiger partial charge in [0.1, 0.15) is 11.5 Å². The Bertz CT molecular complexity index is 749. The number of hydrogen-bond acceptors (Lipinski definition) is 4. The number of rotatable bonds is 4. The topological polar surface area (TPSA) is 34.2 Å². The quantitative estimate of drug-likeness (QED) is 0.672. The van der Waals surface area contributed by atoms with Gasteiger partial charge in [0.2, 0.25) is 0 Å². The molecule has 5 heteroatoms. The van der Waals surface area contributed by atoms with Crippen molar-refractivity contribution in [3.63, 3.8) is 0 Å². The van der Waals surface area contributed by atoms with E-state index in [1.807, 2.05) is 48.5 Å². The van der Waals surface area contributed by atoms with E-state index in [0.717, 1.165) is 37.2 Å². The molecule has 1 aromatic heterocycles. The zero-order valence-corrected chi connectivity index (χ0v) is 13.9. The maximum Gasteiger partial charge on any atom is 0.159 e. The number of aromatic amines is 1. The minimum absolute atomic E-state index is 0.761. The number of methoxy groups -OCH3 is 2. The summed E-state index contributed by atoms with van der Waals surface area (Å²) in [6.07, 6.45) is 0. The summed E-state index contributed by atoms with van der Waals surface area (Å²) in [6, 6.07) is 15.9. The second-order valence-electron chi connectivity index (χ2n) is 4.68. The molecule has 0 unspecified atom stereocenters. The highest BCUT2D eigenvalue weighted by Crippen LogP contribution is 2.36. The third-order valence-electron chi connectivity index (χ3n) is 3.38. The van der Waals surface area contributed by atoms with Crippen LogP contribution in [0.5, 0.6) is 11.5 Å². The number of thiazole rings is 1. The second kappa shape index (κ2) is 6.34. The SMILES string of the molecule is COc1ccc(-c2[nH]c(=S)sc2-c2ccc(OC)cc2)cc1. The monoisotopic (exact) mass is 329 g/mol. The van der Waals surface area contributed by atoms with Gasteiger partial charge in [-0.25, -0.2) is 0 Å². The molecule has 1 N–H and O–H groups in total. The van der Waals surface area contributed by atoms with Gasteiger partial charge >= 0.3 is 0 Å². The summed E-state index contributed by atoms with van der Waals surface area (Å²) >= 11 is 6.90. The molecule has 0 spiro atoms. The van der Waals surface area contributed by atoms with Crippen LogP contribution in [0.1, 0.15) is 0 Å². The molecule has 0 aliphatic rings. The number of ether oxygens (including phenoxy) is 2. The van der Waals surface area contributed by atoms with Crippen molar-refractivity contribution < 1.29 is 9.47 Å². The van der Waals surface area contributed by atoms with Crippen LogP contribution in [-0.2, 0) is 0 Å². The Morgan fingerprint density at radius 3 is 1.82 bits per heavy atom. The molecule has 22 heavy (non-hydrogen) atoms. The third-order valence-corrected chi connectivity index (χ3v) is 4.66. The summed E-state index contributed by atoms with van der Waals surface area (Å²) in [4.78, 5) is 4.41. The molecule has 0 bridgehead atoms. The van der Waals surface area contributed by atoms with Crippen LogP contribution in [0, 0.1) is 3.95 Å². The lowest BCUT2D eigenvalue weighted by Crippen LogP contribution is -1.85. The third kappa shape index (κ3) is 2.91. The highest BCUT2D eigenvalue weighted by atomic mass is 32.1. The van der Waals surface area contributed by atoms with Gasteiger partial charge in [0.15, 0.2) is 3.95 Å². The van der Waals surface area contributed by atoms with Crippen molar-refractivity contribution in [2.75, 3.05) is 14.2 Å². The predicted molar refractivity (Wildman–Crippen MR) is 93.5 cm³/mol. The number of aromatic nitrogens is 1. The first kappa shape index (κ1) is 14.8. The first-order valence-electron chi connectivity index (χ1n) is 6.73. The molecule has 0 radical (unpaired) electrons. The van der Waals surface area contributed by atoms with E-state index in [1.165, 1.54) is 0 Å². The van der Waals surface area contributed by atoms with Crippen molar-refractivity contribution in [3.8, 4) is 33.2 Å². The van der Waals surface area contributed by atoms with E-state index in [-0.39, 0.29) is 0 Å². The summed E-state index contributed by atoms with van der Waals surface area (Å²) < 4.78 is 11.2. The fraction of sp³-hybridized carbons (Fsp3) is 0.118. The van der Waals surface area contributed by atoms with Crippen molar-refractivity contribution in [1.29, 1.82) is 0 Å². The summed E-state index contributed by atoms with van der Waals surface area (Å²) in [7, 11) is 3.33. The molecular formula is C17H15NO2S2. The molecule has 2 aromatic carbocycles. The normalized spacial score (nSPS) is 10.5. The summed E-state index contributed by atoms with van der Waals surface area (Å²) in [6.45, 7) is 0. The van der Waals surface area contributed by atoms with Crippen molar-refractivity contribution in [2.24, 2.45) is 0 Å². The van der Waals surface area contributed by atoms with Crippen LogP contribution >= 0.6 is 23.6 Å². The second-order valence-corrected chi connectivity index (χ2v) is 6.36. The maximum absolute atomic E-state index is 5.33. The van der Waals surface area contributed by atoms with E-state index in [1.54, 1.807) is 25.6 Å². The van der Waals surface area contributed by atoms with Crippen LogP contribution in [0.25, 0.3) is 21.7 Å². The van der Waals surface area contributed by atoms with Crippen molar-refractivity contribution in [2.45, 2.75) is 0 Å². The molecule has 0 fully saturated rings. The molecule has 0 aliphatic heterocycles. The first-order valence-corrected chi connectivity index (χ1v) is 7.95. The Kier molecular flexibility index (Phi) is 4.27. The fourth-order valence-corrected chi connectivity index (χ4v) is 3.45. The molecule has 0 saturated carbocycles. The molecule has 0 aliphatic carbocycles. The number of hydrogen-bond donors (Lipinski definition) is 1. The maximum atomic E-state index is 5.33. The van der Waals surface area contributed by atoms with Crippen LogP contribution in [0.15, 0.2) is 48.5 Å². The summed E-state index contributed by atoms with van der Waals surface area (Å²) in [5, 5.41) is 0. The van der Waals surface area contributed by atoms with Crippen LogP contribution < -0.4 is 9.47 Å². The lowest BCUT2D eigenvalue weighted by atomic mass is 10.1. The number of H-pyrrole nitrogens is 1. The van der Waals surface area contributed by atoms with E-state index in [0.29, 0.717) is 0 Å². The van der Waals surface area contributed by atoms with Gasteiger partial charge in [0, 0.05) is 0 Å². The van der Waals surface area contributed by atoms with Crippen molar-refractivity contribution in [1.82, 2.24) is 4.98 Å². The lowest BCUT2D eigenvalue weighted by Gasteiger charge is -2.06. The zero-order chi connectivity index (χ0) is 15.5.